The number of hydrogen-bond acceptors (Lipinski definition) is 0. The topological polar surface area (TPSA) is 0 Å². The van der Waals surface area contributed by atoms with Crippen molar-refractivity contribution >= 4 is 14.7 Å². The van der Waals surface area contributed by atoms with Crippen molar-refractivity contribution in [1.82, 2.24) is 0 Å². The van der Waals surface area contributed by atoms with E-state index in [0.29, 0.717) is 0 Å². The number of hydrogen-bond donors (Lipinski definition) is 0. The third kappa shape index (κ3) is 1.97. The van der Waals surface area contributed by atoms with Crippen LogP contribution in [0.3, 0.4) is 0 Å². The third-order valence-corrected chi connectivity index (χ3v) is 5.61. The van der Waals surface area contributed by atoms with Crippen LogP contribution < -0.4 is 0 Å². The van der Waals surface area contributed by atoms with Gasteiger partial charge < -0.3 is 0 Å². The van der Waals surface area contributed by atoms with Crippen LogP contribution in [0.25, 0.3) is 0 Å². The summed E-state index contributed by atoms with van der Waals surface area (Å²) in [4.78, 5) is 0. The van der Waals surface area contributed by atoms with Crippen LogP contribution >= 0.6 is 7.14 Å². The van der Waals surface area contributed by atoms with Crippen molar-refractivity contribution in [2.75, 3.05) is 13.3 Å². The predicted molar refractivity (Wildman–Crippen MR) is 51.0 cm³/mol. The minimum absolute atomic E-state index is 0.724. The van der Waals surface area contributed by atoms with Gasteiger partial charge in [-0.15, -0.1) is 0 Å². The molecule has 0 aliphatic heterocycles. The summed E-state index contributed by atoms with van der Waals surface area (Å²) in [6, 6.07) is 0. The molecule has 2 heteroatoms. The fraction of sp³-hybridized carbons (Fsp3) is 1.00. The quantitative estimate of drug-likeness (QED) is 0.386. The molecule has 0 atom stereocenters. The van der Waals surface area contributed by atoms with E-state index in [9.17, 15) is 0 Å². The predicted octanol–water partition coefficient (Wildman–Crippen LogP) is 1.49. The minimum atomic E-state index is -0.724. The maximum atomic E-state index is 2.50. The van der Waals surface area contributed by atoms with Gasteiger partial charge in [0, 0.05) is 0 Å². The Morgan fingerprint density at radius 3 is 1.89 bits per heavy atom. The second-order valence-corrected chi connectivity index (χ2v) is 9.90. The average molecular weight is 144 g/mol. The zero-order valence-electron chi connectivity index (χ0n) is 6.91. The van der Waals surface area contributed by atoms with Crippen LogP contribution in [-0.2, 0) is 0 Å². The first-order valence-electron chi connectivity index (χ1n) is 4.11. The molecule has 0 unspecified atom stereocenters. The van der Waals surface area contributed by atoms with Crippen molar-refractivity contribution in [2.45, 2.75) is 31.3 Å². The fourth-order valence-electron chi connectivity index (χ4n) is 1.79. The van der Waals surface area contributed by atoms with Crippen molar-refractivity contribution in [1.29, 1.82) is 0 Å². The van der Waals surface area contributed by atoms with Gasteiger partial charge in [0.1, 0.15) is 0 Å². The van der Waals surface area contributed by atoms with Gasteiger partial charge in [-0.2, -0.15) is 0 Å². The van der Waals surface area contributed by atoms with Crippen LogP contribution in [0.5, 0.6) is 0 Å². The Labute approximate surface area is 60.1 Å². The van der Waals surface area contributed by atoms with E-state index in [-0.39, 0.29) is 0 Å². The van der Waals surface area contributed by atoms with Gasteiger partial charge in [0.15, 0.2) is 0 Å². The normalized spacial score (nSPS) is 24.7. The molecule has 54 valence electrons. The van der Waals surface area contributed by atoms with Crippen molar-refractivity contribution in [3.8, 4) is 0 Å². The van der Waals surface area contributed by atoms with Gasteiger partial charge in [-0.1, -0.05) is 0 Å². The Hall–Kier alpha value is 0.495. The van der Waals surface area contributed by atoms with Gasteiger partial charge >= 0.3 is 59.4 Å². The Bertz CT molecular complexity index is 89.6. The fourth-order valence-corrected chi connectivity index (χ4v) is 3.93. The molecule has 9 heavy (non-hydrogen) atoms. The molecule has 0 aromatic heterocycles. The summed E-state index contributed by atoms with van der Waals surface area (Å²) in [5.74, 6) is 0. The zero-order chi connectivity index (χ0) is 6.91. The number of rotatable bonds is 1. The Kier molecular flexibility index (Phi) is 2.21. The van der Waals surface area contributed by atoms with Crippen LogP contribution in [-0.4, -0.2) is 26.6 Å². The summed E-state index contributed by atoms with van der Waals surface area (Å²) in [6.07, 6.45) is 6.09. The van der Waals surface area contributed by atoms with E-state index in [2.05, 4.69) is 20.9 Å². The molecule has 0 aromatic rings. The molecule has 0 nitrogen and oxygen atoms in total. The molecule has 0 amide bonds. The molecule has 0 radical (unpaired) electrons. The Morgan fingerprint density at radius 1 is 1.22 bits per heavy atom. The molecule has 0 aromatic carbocycles. The summed E-state index contributed by atoms with van der Waals surface area (Å²) < 4.78 is 0. The molecular weight excluding hydrogens is 126 g/mol. The summed E-state index contributed by atoms with van der Waals surface area (Å²) in [6.45, 7) is 5.01. The van der Waals surface area contributed by atoms with E-state index >= 15 is 0 Å². The van der Waals surface area contributed by atoms with E-state index in [1.54, 1.807) is 0 Å². The second-order valence-electron chi connectivity index (χ2n) is 4.35. The molecule has 0 N–H and O–H groups in total. The van der Waals surface area contributed by atoms with Crippen molar-refractivity contribution in [3.05, 3.63) is 0 Å². The first kappa shape index (κ1) is 7.60. The molecule has 0 heterocycles. The zero-order valence-corrected chi connectivity index (χ0v) is 7.91. The van der Waals surface area contributed by atoms with Gasteiger partial charge in [0.2, 0.25) is 0 Å². The summed E-state index contributed by atoms with van der Waals surface area (Å²) in [5, 5.41) is 0. The Balaban J connectivity index is 2.42. The molecule has 1 aliphatic carbocycles. The van der Waals surface area contributed by atoms with Crippen molar-refractivity contribution in [2.24, 2.45) is 0 Å². The molecule has 1 saturated carbocycles. The molecule has 1 rings (SSSR count). The molecule has 1 fully saturated rings. The Morgan fingerprint density at radius 2 is 1.67 bits per heavy atom. The average Bonchev–Trinajstić information content (AvgIpc) is 2.08. The van der Waals surface area contributed by atoms with Gasteiger partial charge in [-0.05, 0) is 0 Å². The van der Waals surface area contributed by atoms with Gasteiger partial charge in [-0.3, -0.25) is 0 Å². The first-order chi connectivity index (χ1) is 4.11. The maximum absolute atomic E-state index is 2.50. The van der Waals surface area contributed by atoms with E-state index in [1.165, 1.54) is 25.7 Å². The SMILES string of the molecule is B[PH](C)(C)C1CCCC1. The molecular formula is C7H18BP. The summed E-state index contributed by atoms with van der Waals surface area (Å²) >= 11 is 0. The van der Waals surface area contributed by atoms with Gasteiger partial charge in [-0.25, -0.2) is 0 Å². The van der Waals surface area contributed by atoms with Gasteiger partial charge in [0.25, 0.3) is 0 Å². The molecule has 1 aliphatic rings. The van der Waals surface area contributed by atoms with Crippen LogP contribution in [0.1, 0.15) is 25.7 Å². The van der Waals surface area contributed by atoms with E-state index in [4.69, 9.17) is 0 Å². The van der Waals surface area contributed by atoms with Crippen LogP contribution in [0, 0.1) is 0 Å². The monoisotopic (exact) mass is 144 g/mol. The third-order valence-electron chi connectivity index (χ3n) is 2.58. The van der Waals surface area contributed by atoms with E-state index in [1.807, 2.05) is 0 Å². The van der Waals surface area contributed by atoms with Crippen molar-refractivity contribution in [3.63, 3.8) is 0 Å². The second kappa shape index (κ2) is 2.62. The van der Waals surface area contributed by atoms with E-state index < -0.39 is 7.14 Å². The molecule has 0 saturated heterocycles. The van der Waals surface area contributed by atoms with Crippen LogP contribution in [0.2, 0.25) is 0 Å². The van der Waals surface area contributed by atoms with E-state index in [0.717, 1.165) is 5.66 Å². The molecule has 0 bridgehead atoms. The standard InChI is InChI=1S/C7H18BP/c1-9(2,8)7-5-3-4-6-7/h7,9H,3-6,8H2,1-2H3. The first-order valence-corrected chi connectivity index (χ1v) is 7.68. The van der Waals surface area contributed by atoms with Crippen molar-refractivity contribution < 1.29 is 0 Å². The molecule has 0 spiro atoms. The summed E-state index contributed by atoms with van der Waals surface area (Å²) in [7, 11) is 1.78. The van der Waals surface area contributed by atoms with Crippen LogP contribution in [0.15, 0.2) is 0 Å². The van der Waals surface area contributed by atoms with Gasteiger partial charge in [0.05, 0.1) is 0 Å². The summed E-state index contributed by atoms with van der Waals surface area (Å²) in [5.41, 5.74) is 1.15. The van der Waals surface area contributed by atoms with Crippen LogP contribution in [0.4, 0.5) is 0 Å².